The van der Waals surface area contributed by atoms with Crippen molar-refractivity contribution in [2.75, 3.05) is 13.1 Å². The third kappa shape index (κ3) is 3.62. The van der Waals surface area contributed by atoms with Crippen molar-refractivity contribution in [3.8, 4) is 0 Å². The number of hydrogen-bond acceptors (Lipinski definition) is 1. The van der Waals surface area contributed by atoms with Crippen LogP contribution in [0.3, 0.4) is 0 Å². The van der Waals surface area contributed by atoms with E-state index in [-0.39, 0.29) is 0 Å². The summed E-state index contributed by atoms with van der Waals surface area (Å²) in [5.74, 6) is -1.52. The summed E-state index contributed by atoms with van der Waals surface area (Å²) in [6.07, 6.45) is -1.70. The first-order valence-corrected chi connectivity index (χ1v) is 6.62. The maximum absolute atomic E-state index is 12.5. The molecule has 0 aromatic rings. The second-order valence-electron chi connectivity index (χ2n) is 5.31. The summed E-state index contributed by atoms with van der Waals surface area (Å²) in [4.78, 5) is 13.1. The van der Waals surface area contributed by atoms with E-state index in [1.54, 1.807) is 0 Å². The highest BCUT2D eigenvalue weighted by molar-refractivity contribution is 5.79. The molecule has 1 fully saturated rings. The van der Waals surface area contributed by atoms with Gasteiger partial charge in [0.2, 0.25) is 5.91 Å². The van der Waals surface area contributed by atoms with Crippen molar-refractivity contribution in [1.82, 2.24) is 4.90 Å². The third-order valence-electron chi connectivity index (χ3n) is 4.16. The van der Waals surface area contributed by atoms with Gasteiger partial charge in [0, 0.05) is 13.1 Å². The number of rotatable bonds is 3. The Morgan fingerprint density at radius 1 is 1.28 bits per heavy atom. The Balaban J connectivity index is 2.50. The number of halogens is 3. The van der Waals surface area contributed by atoms with E-state index in [1.807, 2.05) is 0 Å². The van der Waals surface area contributed by atoms with Gasteiger partial charge in [-0.2, -0.15) is 13.2 Å². The predicted octanol–water partition coefficient (Wildman–Crippen LogP) is 3.47. The van der Waals surface area contributed by atoms with E-state index >= 15 is 0 Å². The number of amides is 1. The molecule has 106 valence electrons. The van der Waals surface area contributed by atoms with Gasteiger partial charge in [-0.25, -0.2) is 0 Å². The van der Waals surface area contributed by atoms with Gasteiger partial charge < -0.3 is 4.90 Å². The maximum atomic E-state index is 12.5. The molecule has 0 aliphatic carbocycles. The molecular formula is C13H22F3NO. The molecule has 1 saturated heterocycles. The van der Waals surface area contributed by atoms with E-state index in [9.17, 15) is 18.0 Å². The Labute approximate surface area is 107 Å². The lowest BCUT2D eigenvalue weighted by Gasteiger charge is -2.36. The van der Waals surface area contributed by atoms with Gasteiger partial charge in [-0.3, -0.25) is 4.79 Å². The minimum Gasteiger partial charge on any atom is -0.342 e. The van der Waals surface area contributed by atoms with Gasteiger partial charge in [-0.15, -0.1) is 0 Å². The van der Waals surface area contributed by atoms with Crippen LogP contribution in [0.15, 0.2) is 0 Å². The van der Waals surface area contributed by atoms with Crippen molar-refractivity contribution in [1.29, 1.82) is 0 Å². The van der Waals surface area contributed by atoms with Crippen molar-refractivity contribution in [2.24, 2.45) is 17.8 Å². The van der Waals surface area contributed by atoms with E-state index in [4.69, 9.17) is 0 Å². The van der Waals surface area contributed by atoms with Crippen molar-refractivity contribution in [3.63, 3.8) is 0 Å². The van der Waals surface area contributed by atoms with E-state index in [0.717, 1.165) is 26.2 Å². The van der Waals surface area contributed by atoms with Crippen molar-refractivity contribution in [2.45, 2.75) is 46.2 Å². The van der Waals surface area contributed by atoms with Crippen LogP contribution in [0.2, 0.25) is 0 Å². The summed E-state index contributed by atoms with van der Waals surface area (Å²) in [6.45, 7) is 6.17. The number of carbonyl (C=O) groups is 1. The molecule has 0 aromatic carbocycles. The summed E-state index contributed by atoms with van der Waals surface area (Å²) in [5, 5.41) is 0. The van der Waals surface area contributed by atoms with Crippen LogP contribution in [-0.2, 0) is 4.79 Å². The molecule has 0 bridgehead atoms. The molecule has 0 spiro atoms. The molecule has 1 aliphatic heterocycles. The van der Waals surface area contributed by atoms with E-state index in [0.29, 0.717) is 24.9 Å². The van der Waals surface area contributed by atoms with Gasteiger partial charge in [-0.05, 0) is 31.6 Å². The van der Waals surface area contributed by atoms with Crippen LogP contribution in [0, 0.1) is 17.8 Å². The van der Waals surface area contributed by atoms with Crippen LogP contribution in [0.4, 0.5) is 13.2 Å². The highest BCUT2D eigenvalue weighted by Gasteiger charge is 2.43. The zero-order valence-electron chi connectivity index (χ0n) is 11.3. The maximum Gasteiger partial charge on any atom is 0.400 e. The molecule has 1 rings (SSSR count). The summed E-state index contributed by atoms with van der Waals surface area (Å²) in [6, 6.07) is 0. The Hall–Kier alpha value is -0.740. The van der Waals surface area contributed by atoms with Crippen molar-refractivity contribution >= 4 is 5.91 Å². The average Bonchev–Trinajstić information content (AvgIpc) is 2.35. The first kappa shape index (κ1) is 15.3. The third-order valence-corrected chi connectivity index (χ3v) is 4.16. The minimum absolute atomic E-state index is 0.467. The average molecular weight is 265 g/mol. The van der Waals surface area contributed by atoms with Crippen molar-refractivity contribution in [3.05, 3.63) is 0 Å². The molecular weight excluding hydrogens is 243 g/mol. The topological polar surface area (TPSA) is 20.3 Å². The van der Waals surface area contributed by atoms with Crippen LogP contribution in [-0.4, -0.2) is 30.1 Å². The number of nitrogens with zero attached hydrogens (tertiary/aromatic N) is 1. The van der Waals surface area contributed by atoms with E-state index in [1.165, 1.54) is 4.90 Å². The minimum atomic E-state index is -4.43. The second-order valence-corrected chi connectivity index (χ2v) is 5.31. The number of hydrogen-bond donors (Lipinski definition) is 0. The smallest absolute Gasteiger partial charge is 0.342 e. The van der Waals surface area contributed by atoms with Crippen LogP contribution >= 0.6 is 0 Å². The molecule has 0 radical (unpaired) electrons. The molecule has 5 heteroatoms. The van der Waals surface area contributed by atoms with Gasteiger partial charge in [0.25, 0.3) is 0 Å². The SMILES string of the molecule is CC[C@H](C)C1CCN(C(=O)[C@H](C)C(F)(F)F)CC1. The lowest BCUT2D eigenvalue weighted by molar-refractivity contribution is -0.186. The summed E-state index contributed by atoms with van der Waals surface area (Å²) < 4.78 is 37.4. The number of likely N-dealkylation sites (tertiary alicyclic amines) is 1. The van der Waals surface area contributed by atoms with Gasteiger partial charge in [-0.1, -0.05) is 20.3 Å². The molecule has 2 nitrogen and oxygen atoms in total. The highest BCUT2D eigenvalue weighted by atomic mass is 19.4. The molecule has 0 aromatic heterocycles. The normalized spacial score (nSPS) is 21.8. The van der Waals surface area contributed by atoms with Crippen LogP contribution in [0.25, 0.3) is 0 Å². The molecule has 2 atom stereocenters. The van der Waals surface area contributed by atoms with Gasteiger partial charge in [0.15, 0.2) is 0 Å². The lowest BCUT2D eigenvalue weighted by Crippen LogP contribution is -2.45. The quantitative estimate of drug-likeness (QED) is 0.765. The zero-order valence-corrected chi connectivity index (χ0v) is 11.3. The Morgan fingerprint density at radius 3 is 2.17 bits per heavy atom. The fourth-order valence-corrected chi connectivity index (χ4v) is 2.44. The van der Waals surface area contributed by atoms with Gasteiger partial charge in [0.05, 0.1) is 0 Å². The molecule has 0 saturated carbocycles. The summed E-state index contributed by atoms with van der Waals surface area (Å²) in [5.41, 5.74) is 0. The monoisotopic (exact) mass is 265 g/mol. The summed E-state index contributed by atoms with van der Waals surface area (Å²) >= 11 is 0. The number of piperidine rings is 1. The first-order chi connectivity index (χ1) is 8.27. The van der Waals surface area contributed by atoms with Crippen LogP contribution in [0.1, 0.15) is 40.0 Å². The standard InChI is InChI=1S/C13H22F3NO/c1-4-9(2)11-5-7-17(8-6-11)12(18)10(3)13(14,15)16/h9-11H,4-8H2,1-3H3/t9-,10-/m0/s1. The van der Waals surface area contributed by atoms with Gasteiger partial charge >= 0.3 is 6.18 Å². The number of alkyl halides is 3. The first-order valence-electron chi connectivity index (χ1n) is 6.62. The fourth-order valence-electron chi connectivity index (χ4n) is 2.44. The Morgan fingerprint density at radius 2 is 1.78 bits per heavy atom. The fraction of sp³-hybridized carbons (Fsp3) is 0.923. The Bertz CT molecular complexity index is 282. The molecule has 1 aliphatic rings. The van der Waals surface area contributed by atoms with Crippen LogP contribution in [0.5, 0.6) is 0 Å². The molecule has 18 heavy (non-hydrogen) atoms. The number of carbonyl (C=O) groups excluding carboxylic acids is 1. The van der Waals surface area contributed by atoms with E-state index < -0.39 is 18.0 Å². The second kappa shape index (κ2) is 5.93. The lowest BCUT2D eigenvalue weighted by atomic mass is 9.84. The van der Waals surface area contributed by atoms with E-state index in [2.05, 4.69) is 13.8 Å². The molecule has 0 N–H and O–H groups in total. The summed E-state index contributed by atoms with van der Waals surface area (Å²) in [7, 11) is 0. The predicted molar refractivity (Wildman–Crippen MR) is 64.0 cm³/mol. The molecule has 1 heterocycles. The highest BCUT2D eigenvalue weighted by Crippen LogP contribution is 2.31. The largest absolute Gasteiger partial charge is 0.400 e. The van der Waals surface area contributed by atoms with Crippen LogP contribution < -0.4 is 0 Å². The zero-order chi connectivity index (χ0) is 13.9. The Kier molecular flexibility index (Phi) is 5.05. The molecule has 1 amide bonds. The van der Waals surface area contributed by atoms with Gasteiger partial charge in [0.1, 0.15) is 5.92 Å². The van der Waals surface area contributed by atoms with Crippen molar-refractivity contribution < 1.29 is 18.0 Å². The molecule has 0 unspecified atom stereocenters.